The molecule has 0 bridgehead atoms. The second kappa shape index (κ2) is 9.57. The molecule has 3 atom stereocenters. The summed E-state index contributed by atoms with van der Waals surface area (Å²) >= 11 is 5.95. The van der Waals surface area contributed by atoms with E-state index in [9.17, 15) is 9.90 Å². The highest BCUT2D eigenvalue weighted by Crippen LogP contribution is 2.18. The number of ether oxygens (including phenoxy) is 1. The Kier molecular flexibility index (Phi) is 7.45. The van der Waals surface area contributed by atoms with Gasteiger partial charge in [-0.25, -0.2) is 4.79 Å². The van der Waals surface area contributed by atoms with Crippen molar-refractivity contribution in [3.05, 3.63) is 64.7 Å². The smallest absolute Gasteiger partial charge is 0.344 e. The molecule has 2 rings (SSSR count). The van der Waals surface area contributed by atoms with E-state index in [1.54, 1.807) is 24.3 Å². The number of benzene rings is 2. The fourth-order valence-corrected chi connectivity index (χ4v) is 2.73. The first-order valence-electron chi connectivity index (χ1n) is 8.50. The van der Waals surface area contributed by atoms with Gasteiger partial charge in [-0.05, 0) is 55.7 Å². The van der Waals surface area contributed by atoms with Crippen molar-refractivity contribution in [2.24, 2.45) is 0 Å². The molecule has 140 valence electrons. The number of carboxylic acids is 1. The molecule has 0 aliphatic carbocycles. The van der Waals surface area contributed by atoms with Gasteiger partial charge in [0.25, 0.3) is 0 Å². The summed E-state index contributed by atoms with van der Waals surface area (Å²) in [5.74, 6) is -0.467. The molecule has 6 heteroatoms. The van der Waals surface area contributed by atoms with Gasteiger partial charge in [-0.2, -0.15) is 0 Å². The maximum absolute atomic E-state index is 10.8. The number of aliphatic hydroxyl groups is 1. The van der Waals surface area contributed by atoms with Crippen LogP contribution in [0, 0.1) is 0 Å². The lowest BCUT2D eigenvalue weighted by molar-refractivity contribution is -0.144. The molecule has 3 N–H and O–H groups in total. The highest BCUT2D eigenvalue weighted by molar-refractivity contribution is 6.30. The molecule has 0 saturated carbocycles. The van der Waals surface area contributed by atoms with Crippen LogP contribution in [0.1, 0.15) is 31.1 Å². The largest absolute Gasteiger partial charge is 0.479 e. The zero-order chi connectivity index (χ0) is 19.1. The maximum atomic E-state index is 10.8. The fraction of sp³-hybridized carbons (Fsp3) is 0.350. The van der Waals surface area contributed by atoms with E-state index in [2.05, 4.69) is 5.32 Å². The van der Waals surface area contributed by atoms with Gasteiger partial charge >= 0.3 is 5.97 Å². The van der Waals surface area contributed by atoms with Crippen LogP contribution in [0.4, 0.5) is 0 Å². The quantitative estimate of drug-likeness (QED) is 0.623. The SMILES string of the molecule is CC(Cc1ccc(OC(C)C(=O)O)cc1)NCC(O)c1cccc(Cl)c1. The van der Waals surface area contributed by atoms with Gasteiger partial charge in [0.15, 0.2) is 6.10 Å². The minimum Gasteiger partial charge on any atom is -0.479 e. The van der Waals surface area contributed by atoms with E-state index < -0.39 is 18.2 Å². The molecule has 0 aliphatic heterocycles. The second-order valence-electron chi connectivity index (χ2n) is 6.33. The van der Waals surface area contributed by atoms with E-state index >= 15 is 0 Å². The average Bonchev–Trinajstić information content (AvgIpc) is 2.61. The number of hydrogen-bond acceptors (Lipinski definition) is 4. The van der Waals surface area contributed by atoms with Gasteiger partial charge in [0.05, 0.1) is 6.10 Å². The molecule has 0 radical (unpaired) electrons. The maximum Gasteiger partial charge on any atom is 0.344 e. The Morgan fingerprint density at radius 3 is 2.50 bits per heavy atom. The van der Waals surface area contributed by atoms with Gasteiger partial charge in [-0.15, -0.1) is 0 Å². The Labute approximate surface area is 158 Å². The Bertz CT molecular complexity index is 720. The number of aliphatic carboxylic acids is 1. The summed E-state index contributed by atoms with van der Waals surface area (Å²) in [5.41, 5.74) is 1.88. The number of carbonyl (C=O) groups is 1. The Hall–Kier alpha value is -2.08. The number of carboxylic acid groups (broad SMARTS) is 1. The summed E-state index contributed by atoms with van der Waals surface area (Å²) in [6.45, 7) is 3.97. The van der Waals surface area contributed by atoms with Crippen LogP contribution >= 0.6 is 11.6 Å². The van der Waals surface area contributed by atoms with E-state index in [4.69, 9.17) is 21.4 Å². The number of halogens is 1. The molecule has 0 saturated heterocycles. The number of hydrogen-bond donors (Lipinski definition) is 3. The molecule has 0 amide bonds. The van der Waals surface area contributed by atoms with Gasteiger partial charge < -0.3 is 20.3 Å². The number of nitrogens with one attached hydrogen (secondary N) is 1. The molecule has 0 aliphatic rings. The summed E-state index contributed by atoms with van der Waals surface area (Å²) in [6, 6.07) is 14.7. The van der Waals surface area contributed by atoms with Crippen molar-refractivity contribution in [3.8, 4) is 5.75 Å². The molecule has 0 fully saturated rings. The predicted octanol–water partition coefficient (Wildman–Crippen LogP) is 3.45. The Morgan fingerprint density at radius 1 is 1.19 bits per heavy atom. The molecule has 2 aromatic carbocycles. The molecular formula is C20H24ClNO4. The van der Waals surface area contributed by atoms with Gasteiger partial charge in [-0.3, -0.25) is 0 Å². The van der Waals surface area contributed by atoms with Gasteiger partial charge in [-0.1, -0.05) is 35.9 Å². The van der Waals surface area contributed by atoms with Crippen LogP contribution in [0.2, 0.25) is 5.02 Å². The first-order valence-corrected chi connectivity index (χ1v) is 8.88. The lowest BCUT2D eigenvalue weighted by Gasteiger charge is -2.18. The van der Waals surface area contributed by atoms with Crippen LogP contribution in [0.3, 0.4) is 0 Å². The van der Waals surface area contributed by atoms with E-state index in [1.165, 1.54) is 6.92 Å². The van der Waals surface area contributed by atoms with E-state index in [0.29, 0.717) is 17.3 Å². The molecular weight excluding hydrogens is 354 g/mol. The summed E-state index contributed by atoms with van der Waals surface area (Å²) < 4.78 is 5.31. The molecule has 5 nitrogen and oxygen atoms in total. The van der Waals surface area contributed by atoms with Crippen molar-refractivity contribution in [1.29, 1.82) is 0 Å². The first kappa shape index (κ1) is 20.2. The molecule has 3 unspecified atom stereocenters. The number of rotatable bonds is 9. The molecule has 0 heterocycles. The van der Waals surface area contributed by atoms with Gasteiger partial charge in [0, 0.05) is 17.6 Å². The van der Waals surface area contributed by atoms with Crippen LogP contribution in [0.25, 0.3) is 0 Å². The topological polar surface area (TPSA) is 78.8 Å². The van der Waals surface area contributed by atoms with Crippen LogP contribution in [-0.4, -0.2) is 34.9 Å². The van der Waals surface area contributed by atoms with Gasteiger partial charge in [0.2, 0.25) is 0 Å². The van der Waals surface area contributed by atoms with E-state index in [-0.39, 0.29) is 6.04 Å². The van der Waals surface area contributed by atoms with Gasteiger partial charge in [0.1, 0.15) is 5.75 Å². The Morgan fingerprint density at radius 2 is 1.88 bits per heavy atom. The van der Waals surface area contributed by atoms with Crippen LogP contribution in [0.5, 0.6) is 5.75 Å². The van der Waals surface area contributed by atoms with Crippen LogP contribution < -0.4 is 10.1 Å². The van der Waals surface area contributed by atoms with Crippen molar-refractivity contribution in [2.75, 3.05) is 6.54 Å². The van der Waals surface area contributed by atoms with Crippen molar-refractivity contribution in [3.63, 3.8) is 0 Å². The van der Waals surface area contributed by atoms with Crippen LogP contribution in [-0.2, 0) is 11.2 Å². The van der Waals surface area contributed by atoms with Crippen molar-refractivity contribution in [1.82, 2.24) is 5.32 Å². The first-order chi connectivity index (χ1) is 12.3. The highest BCUT2D eigenvalue weighted by Gasteiger charge is 2.13. The lowest BCUT2D eigenvalue weighted by Crippen LogP contribution is -2.32. The number of aliphatic hydroxyl groups excluding tert-OH is 1. The lowest BCUT2D eigenvalue weighted by atomic mass is 10.1. The summed E-state index contributed by atoms with van der Waals surface area (Å²) in [4.78, 5) is 10.8. The van der Waals surface area contributed by atoms with Crippen molar-refractivity contribution >= 4 is 17.6 Å². The fourth-order valence-electron chi connectivity index (χ4n) is 2.53. The minimum absolute atomic E-state index is 0.161. The predicted molar refractivity (Wildman–Crippen MR) is 102 cm³/mol. The summed E-state index contributed by atoms with van der Waals surface area (Å²) in [5, 5.41) is 23.0. The third kappa shape index (κ3) is 6.33. The van der Waals surface area contributed by atoms with Crippen LogP contribution in [0.15, 0.2) is 48.5 Å². The normalized spacial score (nSPS) is 14.5. The van der Waals surface area contributed by atoms with Crippen molar-refractivity contribution < 1.29 is 19.7 Å². The molecule has 0 spiro atoms. The highest BCUT2D eigenvalue weighted by atomic mass is 35.5. The van der Waals surface area contributed by atoms with E-state index in [0.717, 1.165) is 17.5 Å². The van der Waals surface area contributed by atoms with E-state index in [1.807, 2.05) is 31.2 Å². The third-order valence-electron chi connectivity index (χ3n) is 4.02. The molecule has 2 aromatic rings. The summed E-state index contributed by atoms with van der Waals surface area (Å²) in [6.07, 6.45) is -0.726. The van der Waals surface area contributed by atoms with Crippen molar-refractivity contribution in [2.45, 2.75) is 38.5 Å². The monoisotopic (exact) mass is 377 g/mol. The molecule has 0 aromatic heterocycles. The minimum atomic E-state index is -0.995. The standard InChI is InChI=1S/C20H24ClNO4/c1-13(22-12-19(23)16-4-3-5-17(21)11-16)10-15-6-8-18(9-7-15)26-14(2)20(24)25/h3-9,11,13-14,19,22-23H,10,12H2,1-2H3,(H,24,25). The summed E-state index contributed by atoms with van der Waals surface area (Å²) in [7, 11) is 0. The Balaban J connectivity index is 1.82. The zero-order valence-corrected chi connectivity index (χ0v) is 15.6. The molecule has 26 heavy (non-hydrogen) atoms. The third-order valence-corrected chi connectivity index (χ3v) is 4.25. The average molecular weight is 378 g/mol. The second-order valence-corrected chi connectivity index (χ2v) is 6.76. The zero-order valence-electron chi connectivity index (χ0n) is 14.9.